The Bertz CT molecular complexity index is 954. The lowest BCUT2D eigenvalue weighted by atomic mass is 10.2. The average molecular weight is 467 g/mol. The summed E-state index contributed by atoms with van der Waals surface area (Å²) in [6, 6.07) is 25.9. The molecule has 0 fully saturated rings. The van der Waals surface area contributed by atoms with E-state index in [9.17, 15) is 9.90 Å². The average Bonchev–Trinajstić information content (AvgIpc) is 2.88. The number of amides is 1. The van der Waals surface area contributed by atoms with Crippen LogP contribution in [-0.2, 0) is 16.2 Å². The van der Waals surface area contributed by atoms with Crippen molar-refractivity contribution in [2.45, 2.75) is 12.7 Å². The maximum absolute atomic E-state index is 11.8. The maximum Gasteiger partial charge on any atom is 0.281 e. The van der Waals surface area contributed by atoms with Crippen molar-refractivity contribution in [1.29, 1.82) is 0 Å². The quantitative estimate of drug-likeness (QED) is 0.234. The topological polar surface area (TPSA) is 98.3 Å². The normalized spacial score (nSPS) is 11.4. The number of hydrogen-bond donors (Lipinski definition) is 3. The number of benzene rings is 3. The molecule has 0 bridgehead atoms. The fourth-order valence-corrected chi connectivity index (χ4v) is 2.86. The van der Waals surface area contributed by atoms with Gasteiger partial charge < -0.3 is 24.6 Å². The summed E-state index contributed by atoms with van der Waals surface area (Å²) in [5.41, 5.74) is 3.32. The number of hydrogen-bond acceptors (Lipinski definition) is 7. The van der Waals surface area contributed by atoms with Crippen molar-refractivity contribution in [3.8, 4) is 17.2 Å². The Morgan fingerprint density at radius 2 is 1.41 bits per heavy atom. The van der Waals surface area contributed by atoms with E-state index in [1.54, 1.807) is 24.3 Å². The Labute approximate surface area is 199 Å². The Balaban J connectivity index is 1.22. The number of carbonyl (C=O) groups is 1. The summed E-state index contributed by atoms with van der Waals surface area (Å²) in [6.07, 6.45) is -0.613. The third kappa shape index (κ3) is 9.91. The minimum atomic E-state index is -0.613. The first-order valence-electron chi connectivity index (χ1n) is 11.1. The van der Waals surface area contributed by atoms with Crippen LogP contribution in [0.1, 0.15) is 5.56 Å². The van der Waals surface area contributed by atoms with Gasteiger partial charge in [-0.1, -0.05) is 48.5 Å². The second kappa shape index (κ2) is 14.5. The summed E-state index contributed by atoms with van der Waals surface area (Å²) >= 11 is 0. The van der Waals surface area contributed by atoms with E-state index in [0.717, 1.165) is 11.3 Å². The summed E-state index contributed by atoms with van der Waals surface area (Å²) in [7, 11) is 0. The standard InChI is InChI=1S/C26H30N2O6/c29-22(19-32-23-9-5-2-6-10-23)17-27-15-16-31-24-11-13-25(14-12-24)33-20-26(30)28-34-18-21-7-3-1-4-8-21/h1-14,22,27,29H,15-20H2,(H,28,30). The van der Waals surface area contributed by atoms with Crippen LogP contribution in [0.15, 0.2) is 84.9 Å². The van der Waals surface area contributed by atoms with E-state index < -0.39 is 6.10 Å². The Morgan fingerprint density at radius 3 is 2.12 bits per heavy atom. The predicted octanol–water partition coefficient (Wildman–Crippen LogP) is 2.72. The molecular weight excluding hydrogens is 436 g/mol. The Hall–Kier alpha value is -3.59. The molecule has 0 spiro atoms. The first kappa shape index (κ1) is 25.0. The van der Waals surface area contributed by atoms with Gasteiger partial charge >= 0.3 is 0 Å². The van der Waals surface area contributed by atoms with Gasteiger partial charge in [0.1, 0.15) is 36.6 Å². The molecule has 8 nitrogen and oxygen atoms in total. The molecule has 0 aromatic heterocycles. The van der Waals surface area contributed by atoms with Gasteiger partial charge in [-0.2, -0.15) is 0 Å². The van der Waals surface area contributed by atoms with Crippen molar-refractivity contribution in [1.82, 2.24) is 10.8 Å². The number of aliphatic hydroxyl groups is 1. The van der Waals surface area contributed by atoms with Gasteiger partial charge in [-0.3, -0.25) is 9.63 Å². The van der Waals surface area contributed by atoms with E-state index in [-0.39, 0.29) is 25.7 Å². The minimum Gasteiger partial charge on any atom is -0.492 e. The van der Waals surface area contributed by atoms with Gasteiger partial charge in [-0.15, -0.1) is 0 Å². The van der Waals surface area contributed by atoms with E-state index >= 15 is 0 Å². The van der Waals surface area contributed by atoms with Gasteiger partial charge in [-0.05, 0) is 42.0 Å². The molecule has 3 aromatic rings. The second-order valence-corrected chi connectivity index (χ2v) is 7.39. The Morgan fingerprint density at radius 1 is 0.794 bits per heavy atom. The molecular formula is C26H30N2O6. The number of carbonyl (C=O) groups excluding carboxylic acids is 1. The highest BCUT2D eigenvalue weighted by atomic mass is 16.7. The zero-order valence-electron chi connectivity index (χ0n) is 18.9. The molecule has 3 N–H and O–H groups in total. The smallest absolute Gasteiger partial charge is 0.281 e. The van der Waals surface area contributed by atoms with Crippen LogP contribution in [-0.4, -0.2) is 50.0 Å². The van der Waals surface area contributed by atoms with E-state index in [1.165, 1.54) is 0 Å². The molecule has 0 aliphatic carbocycles. The van der Waals surface area contributed by atoms with Crippen LogP contribution in [0.3, 0.4) is 0 Å². The molecule has 1 unspecified atom stereocenters. The molecule has 0 radical (unpaired) electrons. The third-order valence-corrected chi connectivity index (χ3v) is 4.57. The van der Waals surface area contributed by atoms with Gasteiger partial charge in [0.15, 0.2) is 6.61 Å². The van der Waals surface area contributed by atoms with Gasteiger partial charge in [0, 0.05) is 13.1 Å². The summed E-state index contributed by atoms with van der Waals surface area (Å²) in [5.74, 6) is 1.58. The molecule has 0 saturated carbocycles. The molecule has 0 aliphatic heterocycles. The molecule has 34 heavy (non-hydrogen) atoms. The predicted molar refractivity (Wildman–Crippen MR) is 128 cm³/mol. The zero-order chi connectivity index (χ0) is 23.8. The van der Waals surface area contributed by atoms with Gasteiger partial charge in [0.25, 0.3) is 5.91 Å². The van der Waals surface area contributed by atoms with E-state index in [4.69, 9.17) is 19.0 Å². The molecule has 0 heterocycles. The zero-order valence-corrected chi connectivity index (χ0v) is 18.9. The molecule has 180 valence electrons. The molecule has 1 atom stereocenters. The van der Waals surface area contributed by atoms with Crippen molar-refractivity contribution in [3.05, 3.63) is 90.5 Å². The van der Waals surface area contributed by atoms with E-state index in [2.05, 4.69) is 10.8 Å². The monoisotopic (exact) mass is 466 g/mol. The molecule has 8 heteroatoms. The van der Waals surface area contributed by atoms with Crippen LogP contribution in [0.4, 0.5) is 0 Å². The van der Waals surface area contributed by atoms with Crippen LogP contribution < -0.4 is 25.0 Å². The fraction of sp³-hybridized carbons (Fsp3) is 0.269. The highest BCUT2D eigenvalue weighted by molar-refractivity contribution is 5.76. The van der Waals surface area contributed by atoms with Crippen LogP contribution in [0.5, 0.6) is 17.2 Å². The minimum absolute atomic E-state index is 0.158. The van der Waals surface area contributed by atoms with Crippen LogP contribution in [0.2, 0.25) is 0 Å². The van der Waals surface area contributed by atoms with Gasteiger partial charge in [0.2, 0.25) is 0 Å². The lowest BCUT2D eigenvalue weighted by molar-refractivity contribution is -0.136. The molecule has 3 aromatic carbocycles. The number of rotatable bonds is 15. The molecule has 3 rings (SSSR count). The van der Waals surface area contributed by atoms with Crippen molar-refractivity contribution >= 4 is 5.91 Å². The number of ether oxygens (including phenoxy) is 3. The number of nitrogens with one attached hydrogen (secondary N) is 2. The third-order valence-electron chi connectivity index (χ3n) is 4.57. The van der Waals surface area contributed by atoms with Gasteiger partial charge in [-0.25, -0.2) is 5.48 Å². The van der Waals surface area contributed by atoms with Crippen LogP contribution >= 0.6 is 0 Å². The first-order chi connectivity index (χ1) is 16.7. The highest BCUT2D eigenvalue weighted by Gasteiger charge is 2.06. The van der Waals surface area contributed by atoms with Crippen molar-refractivity contribution in [2.75, 3.05) is 32.9 Å². The molecule has 0 aliphatic rings. The van der Waals surface area contributed by atoms with Crippen molar-refractivity contribution < 1.29 is 28.9 Å². The summed E-state index contributed by atoms with van der Waals surface area (Å²) in [6.45, 7) is 1.76. The molecule has 0 saturated heterocycles. The molecule has 1 amide bonds. The largest absolute Gasteiger partial charge is 0.492 e. The van der Waals surface area contributed by atoms with Crippen molar-refractivity contribution in [3.63, 3.8) is 0 Å². The van der Waals surface area contributed by atoms with Crippen LogP contribution in [0.25, 0.3) is 0 Å². The first-order valence-corrected chi connectivity index (χ1v) is 11.1. The maximum atomic E-state index is 11.8. The fourth-order valence-electron chi connectivity index (χ4n) is 2.86. The van der Waals surface area contributed by atoms with Crippen molar-refractivity contribution in [2.24, 2.45) is 0 Å². The Kier molecular flexibility index (Phi) is 10.7. The van der Waals surface area contributed by atoms with Gasteiger partial charge in [0.05, 0.1) is 6.61 Å². The number of aliphatic hydroxyl groups excluding tert-OH is 1. The van der Waals surface area contributed by atoms with E-state index in [1.807, 2.05) is 60.7 Å². The SMILES string of the molecule is O=C(COc1ccc(OCCNCC(O)COc2ccccc2)cc1)NOCc1ccccc1. The van der Waals surface area contributed by atoms with Crippen LogP contribution in [0, 0.1) is 0 Å². The highest BCUT2D eigenvalue weighted by Crippen LogP contribution is 2.17. The number of para-hydroxylation sites is 1. The second-order valence-electron chi connectivity index (χ2n) is 7.39. The summed E-state index contributed by atoms with van der Waals surface area (Å²) < 4.78 is 16.6. The lowest BCUT2D eigenvalue weighted by Crippen LogP contribution is -2.33. The number of hydroxylamine groups is 1. The lowest BCUT2D eigenvalue weighted by Gasteiger charge is -2.13. The van der Waals surface area contributed by atoms with E-state index in [0.29, 0.717) is 31.2 Å². The summed E-state index contributed by atoms with van der Waals surface area (Å²) in [5, 5.41) is 13.1. The summed E-state index contributed by atoms with van der Waals surface area (Å²) in [4.78, 5) is 17.0.